The molecule has 55 heavy (non-hydrogen) atoms. The average Bonchev–Trinajstić information content (AvgIpc) is 3.72. The summed E-state index contributed by atoms with van der Waals surface area (Å²) in [5.74, 6) is -2.49. The Balaban J connectivity index is 1.19. The van der Waals surface area contributed by atoms with Crippen molar-refractivity contribution in [2.24, 2.45) is 5.73 Å². The van der Waals surface area contributed by atoms with Crippen molar-refractivity contribution < 1.29 is 47.5 Å². The summed E-state index contributed by atoms with van der Waals surface area (Å²) in [5.41, 5.74) is 7.76. The van der Waals surface area contributed by atoms with Gasteiger partial charge in [0, 0.05) is 34.9 Å². The Kier molecular flexibility index (Phi) is 11.4. The number of aromatic amines is 1. The quantitative estimate of drug-likeness (QED) is 0.101. The van der Waals surface area contributed by atoms with Gasteiger partial charge in [-0.05, 0) is 79.1 Å². The number of primary amides is 1. The lowest BCUT2D eigenvalue weighted by atomic mass is 10.0. The molecule has 0 radical (unpaired) electrons. The number of ether oxygens (including phenoxy) is 1. The molecule has 14 nitrogen and oxygen atoms in total. The maximum Gasteiger partial charge on any atom is 0.396 e. The second kappa shape index (κ2) is 15.9. The highest BCUT2D eigenvalue weighted by atomic mass is 31.2. The minimum absolute atomic E-state index is 0.0452. The SMILES string of the molecule is CC(C)c1ccc(CO[C@H](C)[C@H](CCC(N)=O)NC(=O)[C@@H]2Cc3cccc4c3N2C(=O)[C@@H](NC(=O)c2cc3cc(C(=O)P(=O)(O)O)ccc3[nH]2)CC4)c(F)c1. The van der Waals surface area contributed by atoms with E-state index in [9.17, 15) is 42.7 Å². The van der Waals surface area contributed by atoms with Gasteiger partial charge in [0.25, 0.3) is 11.4 Å². The van der Waals surface area contributed by atoms with Gasteiger partial charge >= 0.3 is 7.60 Å². The van der Waals surface area contributed by atoms with E-state index >= 15 is 0 Å². The zero-order valence-corrected chi connectivity index (χ0v) is 31.4. The largest absolute Gasteiger partial charge is 0.396 e. The summed E-state index contributed by atoms with van der Waals surface area (Å²) >= 11 is 0. The third-order valence-electron chi connectivity index (χ3n) is 10.2. The molecule has 0 aliphatic carbocycles. The number of hydrogen-bond acceptors (Lipinski definition) is 7. The molecule has 4 amide bonds. The number of nitrogens with zero attached hydrogens (tertiary/aromatic N) is 1. The lowest BCUT2D eigenvalue weighted by molar-refractivity contribution is -0.128. The first-order valence-corrected chi connectivity index (χ1v) is 19.6. The fourth-order valence-electron chi connectivity index (χ4n) is 7.14. The van der Waals surface area contributed by atoms with Crippen LogP contribution in [-0.4, -0.2) is 68.2 Å². The molecule has 3 aromatic carbocycles. The van der Waals surface area contributed by atoms with E-state index in [0.29, 0.717) is 28.6 Å². The maximum absolute atomic E-state index is 14.9. The van der Waals surface area contributed by atoms with Crippen LogP contribution in [0.2, 0.25) is 0 Å². The van der Waals surface area contributed by atoms with Crippen molar-refractivity contribution >= 4 is 53.3 Å². The smallest absolute Gasteiger partial charge is 0.372 e. The number of amides is 4. The molecule has 0 spiro atoms. The molecule has 290 valence electrons. The van der Waals surface area contributed by atoms with Crippen LogP contribution in [0.3, 0.4) is 0 Å². The van der Waals surface area contributed by atoms with Gasteiger partial charge in [-0.1, -0.05) is 44.2 Å². The van der Waals surface area contributed by atoms with Crippen molar-refractivity contribution in [2.45, 2.75) is 89.6 Å². The Morgan fingerprint density at radius 1 is 1.05 bits per heavy atom. The number of para-hydroxylation sites is 1. The van der Waals surface area contributed by atoms with Gasteiger partial charge in [0.1, 0.15) is 23.6 Å². The summed E-state index contributed by atoms with van der Waals surface area (Å²) in [7, 11) is -5.02. The number of benzene rings is 3. The Labute approximate surface area is 316 Å². The number of carbonyl (C=O) groups is 5. The number of nitrogens with two attached hydrogens (primary N) is 1. The second-order valence-corrected chi connectivity index (χ2v) is 15.9. The summed E-state index contributed by atoms with van der Waals surface area (Å²) in [6, 6.07) is 13.1. The first-order chi connectivity index (χ1) is 26.0. The molecule has 0 bridgehead atoms. The van der Waals surface area contributed by atoms with E-state index in [-0.39, 0.29) is 49.5 Å². The van der Waals surface area contributed by atoms with E-state index in [1.807, 2.05) is 38.1 Å². The Morgan fingerprint density at radius 3 is 2.49 bits per heavy atom. The third-order valence-corrected chi connectivity index (χ3v) is 11.0. The van der Waals surface area contributed by atoms with Crippen molar-refractivity contribution in [3.63, 3.8) is 0 Å². The molecular weight excluding hydrogens is 732 g/mol. The monoisotopic (exact) mass is 775 g/mol. The standard InChI is InChI=1S/C39H43FN5O9P/c1-20(2)23-7-8-26(28(40)16-23)19-54-21(3)29(13-14-34(41)46)43-37(48)33-18-24-6-4-5-22-9-12-31(38(49)45(33)35(22)24)44-36(47)32-17-27-15-25(10-11-30(27)42-32)39(50)55(51,52)53/h4-8,10-11,15-17,20-21,29,31,33,42H,9,12-14,18-19H2,1-3H3,(H2,41,46)(H,43,48)(H,44,47)(H2,51,52,53)/t21-,29+,31+,33+/m1/s1. The number of rotatable bonds is 14. The Morgan fingerprint density at radius 2 is 1.80 bits per heavy atom. The lowest BCUT2D eigenvalue weighted by Gasteiger charge is -2.31. The van der Waals surface area contributed by atoms with Gasteiger partial charge in [-0.3, -0.25) is 33.4 Å². The molecule has 16 heteroatoms. The fourth-order valence-corrected chi connectivity index (χ4v) is 7.62. The van der Waals surface area contributed by atoms with E-state index in [1.54, 1.807) is 13.0 Å². The highest BCUT2D eigenvalue weighted by Gasteiger charge is 2.44. The molecule has 4 atom stereocenters. The van der Waals surface area contributed by atoms with Gasteiger partial charge in [-0.15, -0.1) is 0 Å². The number of carbonyl (C=O) groups excluding carboxylic acids is 5. The van der Waals surface area contributed by atoms with Crippen LogP contribution in [0, 0.1) is 5.82 Å². The van der Waals surface area contributed by atoms with Crippen molar-refractivity contribution in [3.05, 3.63) is 100.0 Å². The van der Waals surface area contributed by atoms with Crippen molar-refractivity contribution in [3.8, 4) is 0 Å². The molecule has 4 aromatic rings. The zero-order chi connectivity index (χ0) is 39.8. The van der Waals surface area contributed by atoms with Crippen LogP contribution in [-0.2, 0) is 43.1 Å². The van der Waals surface area contributed by atoms with E-state index in [2.05, 4.69) is 15.6 Å². The molecule has 1 aromatic heterocycles. The molecule has 3 heterocycles. The number of H-pyrrole nitrogens is 1. The summed E-state index contributed by atoms with van der Waals surface area (Å²) in [6.45, 7) is 5.55. The molecule has 0 fully saturated rings. The Bertz CT molecular complexity index is 2230. The summed E-state index contributed by atoms with van der Waals surface area (Å²) < 4.78 is 32.4. The number of halogens is 1. The minimum atomic E-state index is -5.02. The van der Waals surface area contributed by atoms with E-state index in [0.717, 1.165) is 16.7 Å². The third kappa shape index (κ3) is 8.55. The van der Waals surface area contributed by atoms with Crippen LogP contribution in [0.25, 0.3) is 10.9 Å². The van der Waals surface area contributed by atoms with Crippen LogP contribution in [0.5, 0.6) is 0 Å². The predicted octanol–water partition coefficient (Wildman–Crippen LogP) is 4.11. The van der Waals surface area contributed by atoms with Crippen molar-refractivity contribution in [1.82, 2.24) is 15.6 Å². The van der Waals surface area contributed by atoms with Crippen molar-refractivity contribution in [2.75, 3.05) is 4.90 Å². The number of hydrogen-bond donors (Lipinski definition) is 6. The van der Waals surface area contributed by atoms with E-state index in [1.165, 1.54) is 35.2 Å². The summed E-state index contributed by atoms with van der Waals surface area (Å²) in [4.78, 5) is 88.8. The average molecular weight is 776 g/mol. The first-order valence-electron chi connectivity index (χ1n) is 18.0. The van der Waals surface area contributed by atoms with Gasteiger partial charge in [-0.2, -0.15) is 0 Å². The number of aromatic nitrogens is 1. The molecule has 2 aliphatic rings. The maximum atomic E-state index is 14.9. The number of aryl methyl sites for hydroxylation is 1. The molecule has 2 aliphatic heterocycles. The number of fused-ring (bicyclic) bond motifs is 1. The van der Waals surface area contributed by atoms with Gasteiger partial charge in [-0.25, -0.2) is 4.39 Å². The van der Waals surface area contributed by atoms with Crippen LogP contribution in [0.15, 0.2) is 60.7 Å². The molecule has 0 saturated heterocycles. The lowest BCUT2D eigenvalue weighted by Crippen LogP contribution is -2.56. The normalized spacial score (nSPS) is 17.8. The number of nitrogens with one attached hydrogen (secondary N) is 3. The highest BCUT2D eigenvalue weighted by Crippen LogP contribution is 2.40. The molecule has 6 rings (SSSR count). The van der Waals surface area contributed by atoms with Gasteiger partial charge in [0.2, 0.25) is 17.7 Å². The number of anilines is 1. The van der Waals surface area contributed by atoms with Gasteiger partial charge < -0.3 is 35.9 Å². The summed E-state index contributed by atoms with van der Waals surface area (Å²) in [5, 5.41) is 6.10. The summed E-state index contributed by atoms with van der Waals surface area (Å²) in [6.07, 6.45) is 0.246. The molecule has 7 N–H and O–H groups in total. The molecule has 0 saturated carbocycles. The van der Waals surface area contributed by atoms with Crippen molar-refractivity contribution in [1.29, 1.82) is 0 Å². The van der Waals surface area contributed by atoms with Crippen LogP contribution >= 0.6 is 7.60 Å². The van der Waals surface area contributed by atoms with E-state index in [4.69, 9.17) is 10.5 Å². The van der Waals surface area contributed by atoms with Crippen LogP contribution in [0.1, 0.15) is 89.1 Å². The Hall–Kier alpha value is -5.21. The van der Waals surface area contributed by atoms with Gasteiger partial charge in [0.05, 0.1) is 24.4 Å². The predicted molar refractivity (Wildman–Crippen MR) is 201 cm³/mol. The van der Waals surface area contributed by atoms with E-state index < -0.39 is 66.8 Å². The van der Waals surface area contributed by atoms with Crippen LogP contribution < -0.4 is 21.3 Å². The van der Waals surface area contributed by atoms with Gasteiger partial charge in [0.15, 0.2) is 0 Å². The highest BCUT2D eigenvalue weighted by molar-refractivity contribution is 7.70. The second-order valence-electron chi connectivity index (χ2n) is 14.4. The zero-order valence-electron chi connectivity index (χ0n) is 30.5. The first kappa shape index (κ1) is 39.5. The minimum Gasteiger partial charge on any atom is -0.372 e. The van der Waals surface area contributed by atoms with Crippen LogP contribution in [0.4, 0.5) is 10.1 Å². The topological polar surface area (TPSA) is 221 Å². The fraction of sp³-hybridized carbons (Fsp3) is 0.359. The molecular formula is C39H43FN5O9P. The molecule has 0 unspecified atom stereocenters.